The van der Waals surface area contributed by atoms with Crippen molar-refractivity contribution in [2.45, 2.75) is 31.9 Å². The third-order valence-electron chi connectivity index (χ3n) is 2.68. The van der Waals surface area contributed by atoms with E-state index >= 15 is 0 Å². The molecule has 0 spiro atoms. The number of carbonyl (C=O) groups is 1. The quantitative estimate of drug-likeness (QED) is 0.777. The van der Waals surface area contributed by atoms with Gasteiger partial charge in [-0.2, -0.15) is 0 Å². The molecule has 4 heteroatoms. The van der Waals surface area contributed by atoms with Gasteiger partial charge in [-0.05, 0) is 19.4 Å². The first-order valence-electron chi connectivity index (χ1n) is 5.72. The molecule has 1 aromatic carbocycles. The van der Waals surface area contributed by atoms with Gasteiger partial charge in [0.15, 0.2) is 0 Å². The lowest BCUT2D eigenvalue weighted by molar-refractivity contribution is -0.124. The summed E-state index contributed by atoms with van der Waals surface area (Å²) >= 11 is 0. The normalized spacial score (nSPS) is 14.6. The molecule has 1 atom stereocenters. The maximum absolute atomic E-state index is 11.5. The molecule has 0 radical (unpaired) electrons. The number of carbonyl (C=O) groups excluding carboxylic acids is 1. The fourth-order valence-corrected chi connectivity index (χ4v) is 1.60. The molecule has 0 saturated heterocycles. The highest BCUT2D eigenvalue weighted by atomic mass is 16.5. The molecule has 0 fully saturated rings. The van der Waals surface area contributed by atoms with E-state index in [1.807, 2.05) is 32.0 Å². The van der Waals surface area contributed by atoms with Crippen LogP contribution in [-0.4, -0.2) is 18.6 Å². The Kier molecular flexibility index (Phi) is 4.66. The predicted molar refractivity (Wildman–Crippen MR) is 67.2 cm³/mol. The molecule has 0 saturated carbocycles. The minimum atomic E-state index is -1.16. The molecule has 0 aliphatic rings. The molecule has 1 rings (SSSR count). The van der Waals surface area contributed by atoms with Crippen molar-refractivity contribution in [2.75, 3.05) is 6.61 Å². The third kappa shape index (κ3) is 3.54. The van der Waals surface area contributed by atoms with Crippen molar-refractivity contribution in [3.05, 3.63) is 35.9 Å². The molecule has 1 aromatic rings. The maximum atomic E-state index is 11.5. The van der Waals surface area contributed by atoms with Gasteiger partial charge in [0.2, 0.25) is 5.91 Å². The van der Waals surface area contributed by atoms with Crippen molar-refractivity contribution < 1.29 is 9.53 Å². The van der Waals surface area contributed by atoms with E-state index in [0.717, 1.165) is 5.56 Å². The first-order valence-corrected chi connectivity index (χ1v) is 5.72. The van der Waals surface area contributed by atoms with E-state index in [1.165, 1.54) is 0 Å². The monoisotopic (exact) mass is 236 g/mol. The second-order valence-corrected chi connectivity index (χ2v) is 4.37. The molecule has 1 unspecified atom stereocenters. The van der Waals surface area contributed by atoms with Crippen LogP contribution in [0.4, 0.5) is 0 Å². The summed E-state index contributed by atoms with van der Waals surface area (Å²) < 4.78 is 5.42. The average Bonchev–Trinajstić information content (AvgIpc) is 2.29. The smallest absolute Gasteiger partial charge is 0.242 e. The molecular formula is C13H20N2O2. The second-order valence-electron chi connectivity index (χ2n) is 4.37. The Morgan fingerprint density at radius 1 is 1.35 bits per heavy atom. The molecule has 94 valence electrons. The summed E-state index contributed by atoms with van der Waals surface area (Å²) in [6.07, 6.45) is 0.493. The Balaban J connectivity index is 2.80. The van der Waals surface area contributed by atoms with Gasteiger partial charge >= 0.3 is 0 Å². The number of hydrogen-bond acceptors (Lipinski definition) is 3. The highest BCUT2D eigenvalue weighted by Crippen LogP contribution is 2.21. The van der Waals surface area contributed by atoms with E-state index in [4.69, 9.17) is 16.2 Å². The fourth-order valence-electron chi connectivity index (χ4n) is 1.60. The molecule has 0 aromatic heterocycles. The Hall–Kier alpha value is -1.39. The van der Waals surface area contributed by atoms with Crippen LogP contribution in [-0.2, 0) is 15.1 Å². The molecule has 0 heterocycles. The molecule has 0 aliphatic heterocycles. The van der Waals surface area contributed by atoms with Crippen LogP contribution >= 0.6 is 0 Å². The lowest BCUT2D eigenvalue weighted by atomic mass is 9.87. The third-order valence-corrected chi connectivity index (χ3v) is 2.68. The van der Waals surface area contributed by atoms with Crippen LogP contribution in [0.2, 0.25) is 0 Å². The summed E-state index contributed by atoms with van der Waals surface area (Å²) in [6, 6.07) is 9.15. The first-order chi connectivity index (χ1) is 7.97. The number of benzene rings is 1. The zero-order valence-electron chi connectivity index (χ0n) is 10.3. The highest BCUT2D eigenvalue weighted by Gasteiger charge is 2.33. The molecule has 0 bridgehead atoms. The van der Waals surface area contributed by atoms with Gasteiger partial charge in [-0.25, -0.2) is 0 Å². The van der Waals surface area contributed by atoms with E-state index < -0.39 is 11.4 Å². The van der Waals surface area contributed by atoms with Crippen LogP contribution in [0.25, 0.3) is 0 Å². The second kappa shape index (κ2) is 5.80. The maximum Gasteiger partial charge on any atom is 0.242 e. The summed E-state index contributed by atoms with van der Waals surface area (Å²) in [5, 5.41) is 0. The number of rotatable bonds is 6. The van der Waals surface area contributed by atoms with Crippen LogP contribution < -0.4 is 11.5 Å². The summed E-state index contributed by atoms with van der Waals surface area (Å²) in [7, 11) is 0. The van der Waals surface area contributed by atoms with Gasteiger partial charge in [0.25, 0.3) is 0 Å². The van der Waals surface area contributed by atoms with E-state index in [2.05, 4.69) is 0 Å². The molecule has 4 nitrogen and oxygen atoms in total. The van der Waals surface area contributed by atoms with Gasteiger partial charge in [-0.15, -0.1) is 0 Å². The van der Waals surface area contributed by atoms with E-state index in [9.17, 15) is 4.79 Å². The first kappa shape index (κ1) is 13.7. The summed E-state index contributed by atoms with van der Waals surface area (Å²) in [4.78, 5) is 11.5. The zero-order valence-corrected chi connectivity index (χ0v) is 10.3. The average molecular weight is 236 g/mol. The van der Waals surface area contributed by atoms with E-state index in [1.54, 1.807) is 12.1 Å². The standard InChI is InChI=1S/C13H20N2O2/c1-10(2)17-9-8-13(15,12(14)16)11-6-4-3-5-7-11/h3-7,10H,8-9,15H2,1-2H3,(H2,14,16). The van der Waals surface area contributed by atoms with Gasteiger partial charge in [-0.3, -0.25) is 4.79 Å². The number of nitrogens with two attached hydrogens (primary N) is 2. The van der Waals surface area contributed by atoms with Crippen LogP contribution in [0, 0.1) is 0 Å². The van der Waals surface area contributed by atoms with Gasteiger partial charge in [0.1, 0.15) is 5.54 Å². The van der Waals surface area contributed by atoms with Crippen LogP contribution in [0.5, 0.6) is 0 Å². The van der Waals surface area contributed by atoms with Crippen molar-refractivity contribution in [3.8, 4) is 0 Å². The Morgan fingerprint density at radius 2 is 1.94 bits per heavy atom. The molecule has 17 heavy (non-hydrogen) atoms. The zero-order chi connectivity index (χ0) is 12.9. The fraction of sp³-hybridized carbons (Fsp3) is 0.462. The summed E-state index contributed by atoms with van der Waals surface area (Å²) in [5.74, 6) is -0.531. The van der Waals surface area contributed by atoms with Gasteiger partial charge in [0.05, 0.1) is 6.10 Å². The van der Waals surface area contributed by atoms with E-state index in [-0.39, 0.29) is 6.10 Å². The SMILES string of the molecule is CC(C)OCCC(N)(C(N)=O)c1ccccc1. The Morgan fingerprint density at radius 3 is 2.41 bits per heavy atom. The van der Waals surface area contributed by atoms with Crippen LogP contribution in [0.15, 0.2) is 30.3 Å². The van der Waals surface area contributed by atoms with Crippen molar-refractivity contribution in [2.24, 2.45) is 11.5 Å². The van der Waals surface area contributed by atoms with Crippen molar-refractivity contribution in [1.29, 1.82) is 0 Å². The van der Waals surface area contributed by atoms with Gasteiger partial charge in [0, 0.05) is 13.0 Å². The number of amides is 1. The lowest BCUT2D eigenvalue weighted by Gasteiger charge is -2.26. The lowest BCUT2D eigenvalue weighted by Crippen LogP contribution is -2.50. The van der Waals surface area contributed by atoms with Crippen molar-refractivity contribution in [1.82, 2.24) is 0 Å². The molecule has 0 aliphatic carbocycles. The largest absolute Gasteiger partial charge is 0.379 e. The Labute approximate surface area is 102 Å². The highest BCUT2D eigenvalue weighted by molar-refractivity contribution is 5.85. The minimum absolute atomic E-state index is 0.114. The van der Waals surface area contributed by atoms with Crippen molar-refractivity contribution >= 4 is 5.91 Å². The molecule has 1 amide bonds. The van der Waals surface area contributed by atoms with Crippen molar-refractivity contribution in [3.63, 3.8) is 0 Å². The van der Waals surface area contributed by atoms with Gasteiger partial charge < -0.3 is 16.2 Å². The molecular weight excluding hydrogens is 216 g/mol. The number of primary amides is 1. The predicted octanol–water partition coefficient (Wildman–Crippen LogP) is 1.14. The topological polar surface area (TPSA) is 78.3 Å². The van der Waals surface area contributed by atoms with Crippen LogP contribution in [0.3, 0.4) is 0 Å². The summed E-state index contributed by atoms with van der Waals surface area (Å²) in [6.45, 7) is 4.28. The van der Waals surface area contributed by atoms with Crippen LogP contribution in [0.1, 0.15) is 25.8 Å². The van der Waals surface area contributed by atoms with E-state index in [0.29, 0.717) is 13.0 Å². The molecule has 4 N–H and O–H groups in total. The summed E-state index contributed by atoms with van der Waals surface area (Å²) in [5.41, 5.74) is 11.1. The Bertz CT molecular complexity index is 365. The number of ether oxygens (including phenoxy) is 1. The minimum Gasteiger partial charge on any atom is -0.379 e. The number of hydrogen-bond donors (Lipinski definition) is 2. The van der Waals surface area contributed by atoms with Gasteiger partial charge in [-0.1, -0.05) is 30.3 Å².